The van der Waals surface area contributed by atoms with Crippen molar-refractivity contribution < 1.29 is 23.4 Å². The molecule has 178 valence electrons. The third-order valence-corrected chi connectivity index (χ3v) is 6.77. The SMILES string of the molecule is O=C(O)CCc1ccccc1CCCC(O)/C=C/c1cccc(NS(=O)(=O)c2ccccc2)c1. The van der Waals surface area contributed by atoms with E-state index >= 15 is 0 Å². The van der Waals surface area contributed by atoms with Crippen molar-refractivity contribution in [2.75, 3.05) is 4.72 Å². The number of hydrogen-bond acceptors (Lipinski definition) is 4. The van der Waals surface area contributed by atoms with E-state index in [1.54, 1.807) is 48.6 Å². The van der Waals surface area contributed by atoms with E-state index in [9.17, 15) is 18.3 Å². The van der Waals surface area contributed by atoms with Gasteiger partial charge in [0, 0.05) is 12.1 Å². The summed E-state index contributed by atoms with van der Waals surface area (Å²) < 4.78 is 27.6. The minimum absolute atomic E-state index is 0.100. The number of carbonyl (C=O) groups is 1. The van der Waals surface area contributed by atoms with Gasteiger partial charge in [-0.2, -0.15) is 0 Å². The maximum atomic E-state index is 12.5. The van der Waals surface area contributed by atoms with E-state index in [1.165, 1.54) is 12.1 Å². The second kappa shape index (κ2) is 12.2. The Kier molecular flexibility index (Phi) is 9.01. The van der Waals surface area contributed by atoms with Gasteiger partial charge in [-0.15, -0.1) is 0 Å². The van der Waals surface area contributed by atoms with Gasteiger partial charge < -0.3 is 10.2 Å². The Labute approximate surface area is 200 Å². The lowest BCUT2D eigenvalue weighted by molar-refractivity contribution is -0.136. The Balaban J connectivity index is 1.54. The van der Waals surface area contributed by atoms with Crippen LogP contribution in [0.15, 0.2) is 89.8 Å². The molecule has 0 saturated carbocycles. The number of sulfonamides is 1. The van der Waals surface area contributed by atoms with E-state index in [0.29, 0.717) is 18.5 Å². The van der Waals surface area contributed by atoms with Crippen LogP contribution in [0.25, 0.3) is 6.08 Å². The van der Waals surface area contributed by atoms with Crippen LogP contribution in [0, 0.1) is 0 Å². The summed E-state index contributed by atoms with van der Waals surface area (Å²) in [4.78, 5) is 11.0. The molecule has 0 spiro atoms. The average molecular weight is 480 g/mol. The van der Waals surface area contributed by atoms with Gasteiger partial charge in [-0.3, -0.25) is 9.52 Å². The molecule has 3 N–H and O–H groups in total. The summed E-state index contributed by atoms with van der Waals surface area (Å²) in [6.07, 6.45) is 5.50. The van der Waals surface area contributed by atoms with Crippen LogP contribution >= 0.6 is 0 Å². The number of nitrogens with one attached hydrogen (secondary N) is 1. The molecule has 7 heteroatoms. The average Bonchev–Trinajstić information content (AvgIpc) is 2.82. The Morgan fingerprint density at radius 2 is 1.59 bits per heavy atom. The largest absolute Gasteiger partial charge is 0.481 e. The quantitative estimate of drug-likeness (QED) is 0.343. The molecule has 0 aliphatic rings. The first kappa shape index (κ1) is 25.2. The van der Waals surface area contributed by atoms with Gasteiger partial charge >= 0.3 is 5.97 Å². The summed E-state index contributed by atoms with van der Waals surface area (Å²) in [6.45, 7) is 0. The van der Waals surface area contributed by atoms with Crippen LogP contribution in [-0.4, -0.2) is 30.7 Å². The number of hydrogen-bond donors (Lipinski definition) is 3. The van der Waals surface area contributed by atoms with Crippen LogP contribution in [0.3, 0.4) is 0 Å². The zero-order chi connectivity index (χ0) is 24.4. The van der Waals surface area contributed by atoms with E-state index < -0.39 is 22.1 Å². The van der Waals surface area contributed by atoms with Gasteiger partial charge in [-0.1, -0.05) is 66.7 Å². The van der Waals surface area contributed by atoms with E-state index in [2.05, 4.69) is 4.72 Å². The lowest BCUT2D eigenvalue weighted by Gasteiger charge is -2.10. The Morgan fingerprint density at radius 1 is 0.912 bits per heavy atom. The van der Waals surface area contributed by atoms with Crippen molar-refractivity contribution >= 4 is 27.8 Å². The summed E-state index contributed by atoms with van der Waals surface area (Å²) in [5.74, 6) is -0.813. The van der Waals surface area contributed by atoms with Crippen LogP contribution in [-0.2, 0) is 27.7 Å². The van der Waals surface area contributed by atoms with Crippen molar-refractivity contribution in [1.82, 2.24) is 0 Å². The minimum atomic E-state index is -3.67. The van der Waals surface area contributed by atoms with Crippen molar-refractivity contribution in [2.45, 2.75) is 43.1 Å². The fourth-order valence-corrected chi connectivity index (χ4v) is 4.70. The van der Waals surface area contributed by atoms with Crippen LogP contribution in [0.1, 0.15) is 36.0 Å². The first-order valence-electron chi connectivity index (χ1n) is 11.2. The third-order valence-electron chi connectivity index (χ3n) is 5.38. The van der Waals surface area contributed by atoms with Crippen molar-refractivity contribution in [2.24, 2.45) is 0 Å². The summed E-state index contributed by atoms with van der Waals surface area (Å²) in [5, 5.41) is 19.3. The predicted octanol–water partition coefficient (Wildman–Crippen LogP) is 4.90. The zero-order valence-electron chi connectivity index (χ0n) is 18.8. The molecule has 3 rings (SSSR count). The summed E-state index contributed by atoms with van der Waals surface area (Å²) in [5.41, 5.74) is 3.35. The van der Waals surface area contributed by atoms with Gasteiger partial charge in [0.15, 0.2) is 0 Å². The zero-order valence-corrected chi connectivity index (χ0v) is 19.6. The molecular formula is C27H29NO5S. The molecule has 0 saturated heterocycles. The molecule has 0 aliphatic heterocycles. The summed E-state index contributed by atoms with van der Waals surface area (Å²) >= 11 is 0. The molecule has 34 heavy (non-hydrogen) atoms. The minimum Gasteiger partial charge on any atom is -0.481 e. The van der Waals surface area contributed by atoms with E-state index in [-0.39, 0.29) is 11.3 Å². The smallest absolute Gasteiger partial charge is 0.303 e. The lowest BCUT2D eigenvalue weighted by Crippen LogP contribution is -2.12. The van der Waals surface area contributed by atoms with Crippen molar-refractivity contribution in [3.8, 4) is 0 Å². The second-order valence-electron chi connectivity index (χ2n) is 8.03. The first-order valence-corrected chi connectivity index (χ1v) is 12.6. The van der Waals surface area contributed by atoms with Gasteiger partial charge in [0.25, 0.3) is 10.0 Å². The van der Waals surface area contributed by atoms with Crippen LogP contribution in [0.2, 0.25) is 0 Å². The lowest BCUT2D eigenvalue weighted by atomic mass is 9.97. The molecule has 0 aliphatic carbocycles. The summed E-state index contributed by atoms with van der Waals surface area (Å²) in [7, 11) is -3.67. The molecule has 0 fully saturated rings. The number of rotatable bonds is 12. The molecule has 0 heterocycles. The Morgan fingerprint density at radius 3 is 2.29 bits per heavy atom. The fourth-order valence-electron chi connectivity index (χ4n) is 3.63. The van der Waals surface area contributed by atoms with Crippen LogP contribution < -0.4 is 4.72 Å². The maximum absolute atomic E-state index is 12.5. The number of carboxylic acids is 1. The number of anilines is 1. The number of aliphatic carboxylic acids is 1. The molecular weight excluding hydrogens is 450 g/mol. The molecule has 0 amide bonds. The number of carboxylic acid groups (broad SMARTS) is 1. The van der Waals surface area contributed by atoms with Gasteiger partial charge in [0.05, 0.1) is 11.0 Å². The fraction of sp³-hybridized carbons (Fsp3) is 0.222. The van der Waals surface area contributed by atoms with Crippen molar-refractivity contribution in [1.29, 1.82) is 0 Å². The highest BCUT2D eigenvalue weighted by Gasteiger charge is 2.13. The van der Waals surface area contributed by atoms with Gasteiger partial charge in [0.1, 0.15) is 0 Å². The summed E-state index contributed by atoms with van der Waals surface area (Å²) in [6, 6.07) is 22.9. The number of aryl methyl sites for hydroxylation is 2. The van der Waals surface area contributed by atoms with E-state index in [4.69, 9.17) is 5.11 Å². The maximum Gasteiger partial charge on any atom is 0.303 e. The Hall–Kier alpha value is -3.42. The normalized spacial score (nSPS) is 12.5. The highest BCUT2D eigenvalue weighted by molar-refractivity contribution is 7.92. The van der Waals surface area contributed by atoms with E-state index in [1.807, 2.05) is 30.3 Å². The van der Waals surface area contributed by atoms with Gasteiger partial charge in [-0.25, -0.2) is 8.42 Å². The molecule has 1 atom stereocenters. The topological polar surface area (TPSA) is 104 Å². The standard InChI is InChI=1S/C27H29NO5S/c29-25(13-7-11-22-9-4-5-10-23(22)17-19-27(30)31)18-16-21-8-6-12-24(20-21)28-34(32,33)26-14-2-1-3-15-26/h1-6,8-10,12,14-16,18,20,25,28-29H,7,11,13,17,19H2,(H,30,31)/b18-16+. The monoisotopic (exact) mass is 479 g/mol. The predicted molar refractivity (Wildman–Crippen MR) is 134 cm³/mol. The highest BCUT2D eigenvalue weighted by Crippen LogP contribution is 2.19. The highest BCUT2D eigenvalue weighted by atomic mass is 32.2. The number of aliphatic hydroxyl groups is 1. The molecule has 1 unspecified atom stereocenters. The van der Waals surface area contributed by atoms with Gasteiger partial charge in [0.2, 0.25) is 0 Å². The molecule has 6 nitrogen and oxygen atoms in total. The van der Waals surface area contributed by atoms with Crippen LogP contribution in [0.4, 0.5) is 5.69 Å². The second-order valence-corrected chi connectivity index (χ2v) is 9.71. The number of aliphatic hydroxyl groups excluding tert-OH is 1. The van der Waals surface area contributed by atoms with Crippen LogP contribution in [0.5, 0.6) is 0 Å². The molecule has 0 bridgehead atoms. The van der Waals surface area contributed by atoms with Crippen molar-refractivity contribution in [3.05, 3.63) is 102 Å². The van der Waals surface area contributed by atoms with E-state index in [0.717, 1.165) is 29.5 Å². The first-order chi connectivity index (χ1) is 16.3. The molecule has 3 aromatic carbocycles. The third kappa shape index (κ3) is 7.86. The molecule has 3 aromatic rings. The number of benzene rings is 3. The molecule has 0 radical (unpaired) electrons. The molecule has 0 aromatic heterocycles. The van der Waals surface area contributed by atoms with Gasteiger partial charge in [-0.05, 0) is 66.6 Å². The van der Waals surface area contributed by atoms with Crippen molar-refractivity contribution in [3.63, 3.8) is 0 Å². The Bertz CT molecular complexity index is 1220.